The van der Waals surface area contributed by atoms with Crippen LogP contribution >= 0.6 is 11.6 Å². The summed E-state index contributed by atoms with van der Waals surface area (Å²) >= 11 is 6.01. The second kappa shape index (κ2) is 5.54. The molecule has 25 heavy (non-hydrogen) atoms. The molecule has 4 aromatic rings. The van der Waals surface area contributed by atoms with E-state index in [0.717, 1.165) is 44.1 Å². The number of benzene rings is 3. The number of para-hydroxylation sites is 2. The zero-order valence-electron chi connectivity index (χ0n) is 13.3. The van der Waals surface area contributed by atoms with Gasteiger partial charge in [0.05, 0.1) is 22.4 Å². The van der Waals surface area contributed by atoms with Crippen molar-refractivity contribution >= 4 is 34.3 Å². The molecule has 3 aromatic carbocycles. The first-order valence-corrected chi connectivity index (χ1v) is 8.51. The van der Waals surface area contributed by atoms with Crippen LogP contribution in [-0.4, -0.2) is 9.97 Å². The van der Waals surface area contributed by atoms with Gasteiger partial charge in [-0.2, -0.15) is 0 Å². The van der Waals surface area contributed by atoms with Crippen molar-refractivity contribution in [2.24, 2.45) is 0 Å². The molecule has 0 N–H and O–H groups in total. The largest absolute Gasteiger partial charge is 0.244 e. The summed E-state index contributed by atoms with van der Waals surface area (Å²) < 4.78 is 0. The van der Waals surface area contributed by atoms with Gasteiger partial charge in [0.25, 0.3) is 0 Å². The molecule has 0 saturated carbocycles. The molecule has 0 unspecified atom stereocenters. The molecule has 0 radical (unpaired) electrons. The van der Waals surface area contributed by atoms with Crippen LogP contribution in [0, 0.1) is 0 Å². The van der Waals surface area contributed by atoms with Gasteiger partial charge in [0.2, 0.25) is 0 Å². The van der Waals surface area contributed by atoms with Crippen LogP contribution in [0.2, 0.25) is 5.02 Å². The third kappa shape index (κ3) is 2.34. The van der Waals surface area contributed by atoms with E-state index in [2.05, 4.69) is 24.3 Å². The van der Waals surface area contributed by atoms with E-state index >= 15 is 0 Å². The highest BCUT2D eigenvalue weighted by atomic mass is 35.5. The van der Waals surface area contributed by atoms with E-state index in [9.17, 15) is 0 Å². The van der Waals surface area contributed by atoms with Gasteiger partial charge in [-0.3, -0.25) is 0 Å². The summed E-state index contributed by atoms with van der Waals surface area (Å²) in [5.74, 6) is 0. The Hall–Kier alpha value is -2.97. The minimum atomic E-state index is 0.736. The van der Waals surface area contributed by atoms with Crippen molar-refractivity contribution in [3.05, 3.63) is 94.6 Å². The maximum Gasteiger partial charge on any atom is 0.0979 e. The summed E-state index contributed by atoms with van der Waals surface area (Å²) in [6, 6.07) is 24.2. The Morgan fingerprint density at radius 2 is 1.24 bits per heavy atom. The molecule has 2 nitrogen and oxygen atoms in total. The SMILES string of the molecule is Clc1ccc(/C=C2\c3ccccc3-c3nc4ccccc4nc32)cc1. The molecule has 1 heterocycles. The summed E-state index contributed by atoms with van der Waals surface area (Å²) in [5, 5.41) is 0.736. The van der Waals surface area contributed by atoms with Crippen molar-refractivity contribution in [3.8, 4) is 11.3 Å². The highest BCUT2D eigenvalue weighted by molar-refractivity contribution is 6.30. The van der Waals surface area contributed by atoms with E-state index in [-0.39, 0.29) is 0 Å². The van der Waals surface area contributed by atoms with E-state index in [1.54, 1.807) is 0 Å². The van der Waals surface area contributed by atoms with E-state index in [4.69, 9.17) is 21.6 Å². The quantitative estimate of drug-likeness (QED) is 0.382. The van der Waals surface area contributed by atoms with Crippen LogP contribution in [-0.2, 0) is 0 Å². The van der Waals surface area contributed by atoms with Gasteiger partial charge in [0, 0.05) is 16.2 Å². The fourth-order valence-electron chi connectivity index (χ4n) is 3.30. The predicted octanol–water partition coefficient (Wildman–Crippen LogP) is 5.85. The Labute approximate surface area is 150 Å². The molecule has 0 saturated heterocycles. The zero-order valence-corrected chi connectivity index (χ0v) is 14.0. The third-order valence-corrected chi connectivity index (χ3v) is 4.73. The van der Waals surface area contributed by atoms with E-state index < -0.39 is 0 Å². The van der Waals surface area contributed by atoms with Gasteiger partial charge in [-0.15, -0.1) is 0 Å². The first-order valence-electron chi connectivity index (χ1n) is 8.14. The summed E-state index contributed by atoms with van der Waals surface area (Å²) in [6.07, 6.45) is 2.16. The topological polar surface area (TPSA) is 25.8 Å². The van der Waals surface area contributed by atoms with E-state index in [1.807, 2.05) is 54.6 Å². The Balaban J connectivity index is 1.80. The molecular formula is C22H13ClN2. The van der Waals surface area contributed by atoms with Crippen molar-refractivity contribution in [2.45, 2.75) is 0 Å². The highest BCUT2D eigenvalue weighted by Crippen LogP contribution is 2.43. The Kier molecular flexibility index (Phi) is 3.19. The standard InChI is InChI=1S/C22H13ClN2/c23-15-11-9-14(10-12-15)13-18-16-5-1-2-6-17(16)21-22(18)25-20-8-4-3-7-19(20)24-21/h1-13H/b18-13+. The fourth-order valence-corrected chi connectivity index (χ4v) is 3.43. The zero-order chi connectivity index (χ0) is 16.8. The van der Waals surface area contributed by atoms with Crippen LogP contribution in [0.3, 0.4) is 0 Å². The number of aromatic nitrogens is 2. The van der Waals surface area contributed by atoms with Gasteiger partial charge in [-0.1, -0.05) is 60.1 Å². The Bertz CT molecular complexity index is 1140. The van der Waals surface area contributed by atoms with Crippen molar-refractivity contribution in [3.63, 3.8) is 0 Å². The van der Waals surface area contributed by atoms with E-state index in [0.29, 0.717) is 0 Å². The lowest BCUT2D eigenvalue weighted by atomic mass is 10.0. The van der Waals surface area contributed by atoms with Crippen LogP contribution in [0.5, 0.6) is 0 Å². The number of hydrogen-bond donors (Lipinski definition) is 0. The fraction of sp³-hybridized carbons (Fsp3) is 0. The molecule has 1 aromatic heterocycles. The molecule has 3 heteroatoms. The monoisotopic (exact) mass is 340 g/mol. The normalized spacial score (nSPS) is 13.9. The average Bonchev–Trinajstić information content (AvgIpc) is 2.95. The second-order valence-corrected chi connectivity index (χ2v) is 6.50. The van der Waals surface area contributed by atoms with Gasteiger partial charge in [-0.25, -0.2) is 9.97 Å². The number of rotatable bonds is 1. The predicted molar refractivity (Wildman–Crippen MR) is 103 cm³/mol. The molecule has 5 rings (SSSR count). The van der Waals surface area contributed by atoms with Crippen LogP contribution in [0.15, 0.2) is 72.8 Å². The van der Waals surface area contributed by atoms with Gasteiger partial charge < -0.3 is 0 Å². The summed E-state index contributed by atoms with van der Waals surface area (Å²) in [5.41, 5.74) is 8.23. The van der Waals surface area contributed by atoms with Crippen LogP contribution in [0.4, 0.5) is 0 Å². The van der Waals surface area contributed by atoms with Gasteiger partial charge >= 0.3 is 0 Å². The molecule has 0 fully saturated rings. The van der Waals surface area contributed by atoms with Crippen LogP contribution < -0.4 is 0 Å². The molecule has 0 bridgehead atoms. The lowest BCUT2D eigenvalue weighted by Gasteiger charge is -2.04. The molecule has 0 atom stereocenters. The van der Waals surface area contributed by atoms with Crippen molar-refractivity contribution < 1.29 is 0 Å². The highest BCUT2D eigenvalue weighted by Gasteiger charge is 2.26. The number of nitrogens with zero attached hydrogens (tertiary/aromatic N) is 2. The third-order valence-electron chi connectivity index (χ3n) is 4.48. The first-order chi connectivity index (χ1) is 12.3. The summed E-state index contributed by atoms with van der Waals surface area (Å²) in [6.45, 7) is 0. The van der Waals surface area contributed by atoms with Crippen molar-refractivity contribution in [1.82, 2.24) is 9.97 Å². The molecule has 118 valence electrons. The second-order valence-electron chi connectivity index (χ2n) is 6.06. The molecule has 0 spiro atoms. The Morgan fingerprint density at radius 3 is 1.96 bits per heavy atom. The smallest absolute Gasteiger partial charge is 0.0979 e. The van der Waals surface area contributed by atoms with Crippen LogP contribution in [0.1, 0.15) is 16.8 Å². The molecular weight excluding hydrogens is 328 g/mol. The number of halogens is 1. The maximum absolute atomic E-state index is 6.01. The van der Waals surface area contributed by atoms with Gasteiger partial charge in [-0.05, 0) is 41.5 Å². The Morgan fingerprint density at radius 1 is 0.640 bits per heavy atom. The van der Waals surface area contributed by atoms with Crippen LogP contribution in [0.25, 0.3) is 33.9 Å². The number of fused-ring (bicyclic) bond motifs is 4. The molecule has 0 amide bonds. The molecule has 1 aliphatic rings. The lowest BCUT2D eigenvalue weighted by Crippen LogP contribution is -1.92. The van der Waals surface area contributed by atoms with Gasteiger partial charge in [0.1, 0.15) is 0 Å². The molecule has 0 aliphatic heterocycles. The summed E-state index contributed by atoms with van der Waals surface area (Å²) in [4.78, 5) is 9.79. The summed E-state index contributed by atoms with van der Waals surface area (Å²) in [7, 11) is 0. The minimum absolute atomic E-state index is 0.736. The average molecular weight is 341 g/mol. The lowest BCUT2D eigenvalue weighted by molar-refractivity contribution is 1.28. The van der Waals surface area contributed by atoms with E-state index in [1.165, 1.54) is 5.56 Å². The minimum Gasteiger partial charge on any atom is -0.244 e. The number of hydrogen-bond acceptors (Lipinski definition) is 2. The molecule has 1 aliphatic carbocycles. The van der Waals surface area contributed by atoms with Crippen molar-refractivity contribution in [2.75, 3.05) is 0 Å². The van der Waals surface area contributed by atoms with Gasteiger partial charge in [0.15, 0.2) is 0 Å². The van der Waals surface area contributed by atoms with Crippen molar-refractivity contribution in [1.29, 1.82) is 0 Å². The first kappa shape index (κ1) is 14.4. The maximum atomic E-state index is 6.01.